The summed E-state index contributed by atoms with van der Waals surface area (Å²) in [7, 11) is 1.56. The van der Waals surface area contributed by atoms with Crippen LogP contribution in [0.1, 0.15) is 11.4 Å². The van der Waals surface area contributed by atoms with E-state index >= 15 is 0 Å². The topological polar surface area (TPSA) is 67.3 Å². The van der Waals surface area contributed by atoms with Crippen molar-refractivity contribution < 1.29 is 9.84 Å². The minimum absolute atomic E-state index is 0.266. The van der Waals surface area contributed by atoms with Crippen molar-refractivity contribution in [2.45, 2.75) is 13.5 Å². The van der Waals surface area contributed by atoms with Crippen molar-refractivity contribution >= 4 is 5.82 Å². The molecule has 0 radical (unpaired) electrons. The summed E-state index contributed by atoms with van der Waals surface area (Å²) in [4.78, 5) is 8.34. The number of phenols is 1. The van der Waals surface area contributed by atoms with Gasteiger partial charge in [0.15, 0.2) is 0 Å². The van der Waals surface area contributed by atoms with E-state index in [-0.39, 0.29) is 5.75 Å². The van der Waals surface area contributed by atoms with Gasteiger partial charge in [-0.25, -0.2) is 4.98 Å². The summed E-state index contributed by atoms with van der Waals surface area (Å²) in [6.07, 6.45) is 0. The van der Waals surface area contributed by atoms with Gasteiger partial charge in [0.2, 0.25) is 5.88 Å². The lowest BCUT2D eigenvalue weighted by Crippen LogP contribution is -2.04. The van der Waals surface area contributed by atoms with Crippen molar-refractivity contribution in [2.24, 2.45) is 0 Å². The molecule has 0 aliphatic heterocycles. The molecule has 1 aromatic carbocycles. The summed E-state index contributed by atoms with van der Waals surface area (Å²) in [5, 5.41) is 12.8. The molecule has 0 saturated heterocycles. The number of methoxy groups -OCH3 is 1. The van der Waals surface area contributed by atoms with Crippen molar-refractivity contribution in [3.8, 4) is 11.6 Å². The van der Waals surface area contributed by atoms with Crippen molar-refractivity contribution in [3.63, 3.8) is 0 Å². The van der Waals surface area contributed by atoms with Gasteiger partial charge < -0.3 is 15.2 Å². The molecular formula is C13H15N3O2. The average molecular weight is 245 g/mol. The number of aromatic hydroxyl groups is 1. The fourth-order valence-electron chi connectivity index (χ4n) is 1.58. The standard InChI is InChI=1S/C13H15N3O2/c1-9-15-12(7-13(16-9)18-2)14-8-10-5-3-4-6-11(10)17/h3-7,17H,8H2,1-2H3,(H,14,15,16). The van der Waals surface area contributed by atoms with Crippen LogP contribution in [0.3, 0.4) is 0 Å². The lowest BCUT2D eigenvalue weighted by molar-refractivity contribution is 0.396. The van der Waals surface area contributed by atoms with Crippen LogP contribution in [0.25, 0.3) is 0 Å². The Balaban J connectivity index is 2.11. The lowest BCUT2D eigenvalue weighted by atomic mass is 10.2. The Hall–Kier alpha value is -2.30. The molecule has 0 atom stereocenters. The molecule has 0 saturated carbocycles. The minimum atomic E-state index is 0.266. The fourth-order valence-corrected chi connectivity index (χ4v) is 1.58. The molecule has 2 rings (SSSR count). The monoisotopic (exact) mass is 245 g/mol. The van der Waals surface area contributed by atoms with Crippen LogP contribution in [0.2, 0.25) is 0 Å². The summed E-state index contributed by atoms with van der Waals surface area (Å²) >= 11 is 0. The van der Waals surface area contributed by atoms with Crippen LogP contribution in [0.15, 0.2) is 30.3 Å². The third-order valence-corrected chi connectivity index (χ3v) is 2.48. The van der Waals surface area contributed by atoms with Crippen molar-refractivity contribution in [3.05, 3.63) is 41.7 Å². The fraction of sp³-hybridized carbons (Fsp3) is 0.231. The molecule has 0 aliphatic carbocycles. The first-order valence-corrected chi connectivity index (χ1v) is 5.59. The molecule has 0 unspecified atom stereocenters. The molecule has 5 heteroatoms. The average Bonchev–Trinajstić information content (AvgIpc) is 2.37. The maximum absolute atomic E-state index is 9.65. The van der Waals surface area contributed by atoms with E-state index in [4.69, 9.17) is 4.74 Å². The third kappa shape index (κ3) is 2.88. The van der Waals surface area contributed by atoms with Gasteiger partial charge in [0.1, 0.15) is 17.4 Å². The molecule has 0 aliphatic rings. The molecule has 5 nitrogen and oxygen atoms in total. The highest BCUT2D eigenvalue weighted by Gasteiger charge is 2.03. The highest BCUT2D eigenvalue weighted by molar-refractivity contribution is 5.41. The van der Waals surface area contributed by atoms with E-state index in [1.807, 2.05) is 12.1 Å². The van der Waals surface area contributed by atoms with Gasteiger partial charge in [-0.2, -0.15) is 4.98 Å². The summed E-state index contributed by atoms with van der Waals surface area (Å²) in [5.41, 5.74) is 0.813. The van der Waals surface area contributed by atoms with Crippen LogP contribution < -0.4 is 10.1 Å². The first-order valence-electron chi connectivity index (χ1n) is 5.59. The summed E-state index contributed by atoms with van der Waals surface area (Å²) in [5.74, 6) is 2.08. The van der Waals surface area contributed by atoms with Gasteiger partial charge in [-0.05, 0) is 13.0 Å². The number of nitrogens with zero attached hydrogens (tertiary/aromatic N) is 2. The zero-order valence-electron chi connectivity index (χ0n) is 10.3. The van der Waals surface area contributed by atoms with Crippen LogP contribution in [0.5, 0.6) is 11.6 Å². The molecule has 2 N–H and O–H groups in total. The number of phenolic OH excluding ortho intramolecular Hbond substituents is 1. The van der Waals surface area contributed by atoms with Crippen LogP contribution in [0, 0.1) is 6.92 Å². The predicted octanol–water partition coefficient (Wildman–Crippen LogP) is 2.11. The molecular weight excluding hydrogens is 230 g/mol. The van der Waals surface area contributed by atoms with Gasteiger partial charge in [-0.1, -0.05) is 18.2 Å². The Bertz CT molecular complexity index is 544. The van der Waals surface area contributed by atoms with Gasteiger partial charge in [-0.3, -0.25) is 0 Å². The molecule has 0 bridgehead atoms. The Morgan fingerprint density at radius 3 is 2.78 bits per heavy atom. The molecule has 0 fully saturated rings. The Morgan fingerprint density at radius 2 is 2.06 bits per heavy atom. The zero-order chi connectivity index (χ0) is 13.0. The first kappa shape index (κ1) is 12.2. The maximum Gasteiger partial charge on any atom is 0.218 e. The molecule has 18 heavy (non-hydrogen) atoms. The summed E-state index contributed by atoms with van der Waals surface area (Å²) in [6, 6.07) is 8.89. The number of para-hydroxylation sites is 1. The van der Waals surface area contributed by atoms with Crippen molar-refractivity contribution in [2.75, 3.05) is 12.4 Å². The smallest absolute Gasteiger partial charge is 0.218 e. The maximum atomic E-state index is 9.65. The van der Waals surface area contributed by atoms with Gasteiger partial charge >= 0.3 is 0 Å². The molecule has 2 aromatic rings. The highest BCUT2D eigenvalue weighted by atomic mass is 16.5. The number of nitrogens with one attached hydrogen (secondary N) is 1. The minimum Gasteiger partial charge on any atom is -0.508 e. The van der Waals surface area contributed by atoms with Gasteiger partial charge in [0, 0.05) is 18.2 Å². The normalized spacial score (nSPS) is 10.1. The van der Waals surface area contributed by atoms with E-state index in [0.29, 0.717) is 24.1 Å². The molecule has 1 heterocycles. The molecule has 94 valence electrons. The number of ether oxygens (including phenoxy) is 1. The number of rotatable bonds is 4. The third-order valence-electron chi connectivity index (χ3n) is 2.48. The van der Waals surface area contributed by atoms with E-state index in [0.717, 1.165) is 5.56 Å². The SMILES string of the molecule is COc1cc(NCc2ccccc2O)nc(C)n1. The van der Waals surface area contributed by atoms with Gasteiger partial charge in [-0.15, -0.1) is 0 Å². The predicted molar refractivity (Wildman–Crippen MR) is 68.8 cm³/mol. The number of hydrogen-bond acceptors (Lipinski definition) is 5. The Kier molecular flexibility index (Phi) is 3.62. The zero-order valence-corrected chi connectivity index (χ0v) is 10.3. The van der Waals surface area contributed by atoms with Crippen LogP contribution in [-0.4, -0.2) is 22.2 Å². The van der Waals surface area contributed by atoms with Crippen LogP contribution in [-0.2, 0) is 6.54 Å². The second kappa shape index (κ2) is 5.35. The van der Waals surface area contributed by atoms with Crippen molar-refractivity contribution in [1.82, 2.24) is 9.97 Å². The van der Waals surface area contributed by atoms with Gasteiger partial charge in [0.25, 0.3) is 0 Å². The number of anilines is 1. The van der Waals surface area contributed by atoms with E-state index in [2.05, 4.69) is 15.3 Å². The Morgan fingerprint density at radius 1 is 1.28 bits per heavy atom. The quantitative estimate of drug-likeness (QED) is 0.863. The summed E-state index contributed by atoms with van der Waals surface area (Å²) < 4.78 is 5.07. The van der Waals surface area contributed by atoms with E-state index in [1.54, 1.807) is 32.2 Å². The number of aromatic nitrogens is 2. The number of aryl methyl sites for hydroxylation is 1. The largest absolute Gasteiger partial charge is 0.508 e. The highest BCUT2D eigenvalue weighted by Crippen LogP contribution is 2.18. The molecule has 1 aromatic heterocycles. The van der Waals surface area contributed by atoms with Crippen LogP contribution in [0.4, 0.5) is 5.82 Å². The first-order chi connectivity index (χ1) is 8.69. The summed E-state index contributed by atoms with van der Waals surface area (Å²) in [6.45, 7) is 2.29. The van der Waals surface area contributed by atoms with Gasteiger partial charge in [0.05, 0.1) is 7.11 Å². The number of hydrogen-bond donors (Lipinski definition) is 2. The van der Waals surface area contributed by atoms with Crippen molar-refractivity contribution in [1.29, 1.82) is 0 Å². The van der Waals surface area contributed by atoms with Crippen LogP contribution >= 0.6 is 0 Å². The lowest BCUT2D eigenvalue weighted by Gasteiger charge is -2.09. The second-order valence-corrected chi connectivity index (χ2v) is 3.83. The molecule has 0 amide bonds. The van der Waals surface area contributed by atoms with E-state index in [9.17, 15) is 5.11 Å². The Labute approximate surface area is 105 Å². The molecule has 0 spiro atoms. The van der Waals surface area contributed by atoms with E-state index < -0.39 is 0 Å². The number of benzene rings is 1. The second-order valence-electron chi connectivity index (χ2n) is 3.83. The van der Waals surface area contributed by atoms with E-state index in [1.165, 1.54) is 0 Å².